The highest BCUT2D eigenvalue weighted by Crippen LogP contribution is 2.02. The van der Waals surface area contributed by atoms with E-state index in [1.54, 1.807) is 6.92 Å². The SMILES string of the molecule is C[C@H](CN)NS(=O)(=O)c1ccn[nH]1. The minimum atomic E-state index is -3.48. The number of aromatic amines is 1. The molecule has 0 saturated heterocycles. The van der Waals surface area contributed by atoms with E-state index in [1.807, 2.05) is 0 Å². The summed E-state index contributed by atoms with van der Waals surface area (Å²) in [7, 11) is -3.48. The fourth-order valence-electron chi connectivity index (χ4n) is 0.769. The van der Waals surface area contributed by atoms with Crippen molar-refractivity contribution < 1.29 is 8.42 Å². The Bertz CT molecular complexity index is 345. The summed E-state index contributed by atoms with van der Waals surface area (Å²) in [5, 5.41) is 5.96. The smallest absolute Gasteiger partial charge is 0.257 e. The van der Waals surface area contributed by atoms with Gasteiger partial charge in [0, 0.05) is 12.6 Å². The molecule has 1 aromatic rings. The van der Waals surface area contributed by atoms with Crippen molar-refractivity contribution in [1.82, 2.24) is 14.9 Å². The van der Waals surface area contributed by atoms with Crippen LogP contribution >= 0.6 is 0 Å². The van der Waals surface area contributed by atoms with Crippen LogP contribution in [-0.4, -0.2) is 31.2 Å². The minimum Gasteiger partial charge on any atom is -0.329 e. The Kier molecular flexibility index (Phi) is 3.02. The van der Waals surface area contributed by atoms with Crippen molar-refractivity contribution in [2.75, 3.05) is 6.54 Å². The van der Waals surface area contributed by atoms with Crippen LogP contribution < -0.4 is 10.5 Å². The van der Waals surface area contributed by atoms with Gasteiger partial charge in [0.15, 0.2) is 5.03 Å². The van der Waals surface area contributed by atoms with Gasteiger partial charge in [-0.15, -0.1) is 0 Å². The first-order valence-corrected chi connectivity index (χ1v) is 5.26. The number of rotatable bonds is 4. The Morgan fingerprint density at radius 2 is 2.46 bits per heavy atom. The van der Waals surface area contributed by atoms with Crippen molar-refractivity contribution >= 4 is 10.0 Å². The number of nitrogens with zero attached hydrogens (tertiary/aromatic N) is 1. The highest BCUT2D eigenvalue weighted by Gasteiger charge is 2.17. The van der Waals surface area contributed by atoms with Crippen LogP contribution in [0.5, 0.6) is 0 Å². The fourth-order valence-corrected chi connectivity index (χ4v) is 1.94. The molecule has 0 amide bonds. The van der Waals surface area contributed by atoms with Crippen LogP contribution in [0.3, 0.4) is 0 Å². The highest BCUT2D eigenvalue weighted by atomic mass is 32.2. The zero-order valence-electron chi connectivity index (χ0n) is 7.19. The van der Waals surface area contributed by atoms with Gasteiger partial charge in [0.25, 0.3) is 10.0 Å². The minimum absolute atomic E-state index is 0.0489. The molecular formula is C6H12N4O2S. The topological polar surface area (TPSA) is 101 Å². The molecular weight excluding hydrogens is 192 g/mol. The molecule has 0 spiro atoms. The highest BCUT2D eigenvalue weighted by molar-refractivity contribution is 7.89. The first-order valence-electron chi connectivity index (χ1n) is 3.78. The Balaban J connectivity index is 2.79. The standard InChI is InChI=1S/C6H12N4O2S/c1-5(4-7)10-13(11,12)6-2-3-8-9-6/h2-3,5,10H,4,7H2,1H3,(H,8,9)/t5-/m1/s1. The van der Waals surface area contributed by atoms with Gasteiger partial charge >= 0.3 is 0 Å². The summed E-state index contributed by atoms with van der Waals surface area (Å²) in [6.07, 6.45) is 1.38. The van der Waals surface area contributed by atoms with E-state index in [-0.39, 0.29) is 17.6 Å². The van der Waals surface area contributed by atoms with E-state index in [1.165, 1.54) is 12.3 Å². The molecule has 0 fully saturated rings. The summed E-state index contributed by atoms with van der Waals surface area (Å²) in [5.74, 6) is 0. The third-order valence-corrected chi connectivity index (χ3v) is 2.99. The molecule has 1 rings (SSSR count). The molecule has 0 bridgehead atoms. The second kappa shape index (κ2) is 3.86. The molecule has 0 aliphatic heterocycles. The zero-order valence-corrected chi connectivity index (χ0v) is 8.00. The van der Waals surface area contributed by atoms with Gasteiger partial charge in [0.1, 0.15) is 0 Å². The van der Waals surface area contributed by atoms with Crippen molar-refractivity contribution in [1.29, 1.82) is 0 Å². The van der Waals surface area contributed by atoms with Crippen LogP contribution in [0.15, 0.2) is 17.3 Å². The zero-order chi connectivity index (χ0) is 9.90. The molecule has 4 N–H and O–H groups in total. The molecule has 1 heterocycles. The molecule has 74 valence electrons. The Hall–Kier alpha value is -0.920. The van der Waals surface area contributed by atoms with Crippen molar-refractivity contribution in [3.63, 3.8) is 0 Å². The van der Waals surface area contributed by atoms with Crippen molar-refractivity contribution in [3.8, 4) is 0 Å². The number of nitrogens with one attached hydrogen (secondary N) is 2. The monoisotopic (exact) mass is 204 g/mol. The molecule has 1 aromatic heterocycles. The van der Waals surface area contributed by atoms with E-state index in [9.17, 15) is 8.42 Å². The average molecular weight is 204 g/mol. The number of nitrogens with two attached hydrogens (primary N) is 1. The van der Waals surface area contributed by atoms with Gasteiger partial charge in [-0.3, -0.25) is 5.10 Å². The number of hydrogen-bond acceptors (Lipinski definition) is 4. The largest absolute Gasteiger partial charge is 0.329 e. The third kappa shape index (κ3) is 2.51. The lowest BCUT2D eigenvalue weighted by Crippen LogP contribution is -2.37. The predicted octanol–water partition coefficient (Wildman–Crippen LogP) is -0.965. The van der Waals surface area contributed by atoms with Crippen molar-refractivity contribution in [2.45, 2.75) is 18.0 Å². The second-order valence-corrected chi connectivity index (χ2v) is 4.36. The Labute approximate surface area is 76.6 Å². The molecule has 0 saturated carbocycles. The maximum atomic E-state index is 11.4. The normalized spacial score (nSPS) is 14.3. The summed E-state index contributed by atoms with van der Waals surface area (Å²) in [6, 6.07) is 1.10. The summed E-state index contributed by atoms with van der Waals surface area (Å²) in [6.45, 7) is 1.95. The molecule has 0 radical (unpaired) electrons. The molecule has 0 aliphatic carbocycles. The number of aromatic nitrogens is 2. The van der Waals surface area contributed by atoms with Crippen molar-refractivity contribution in [3.05, 3.63) is 12.3 Å². The van der Waals surface area contributed by atoms with Crippen LogP contribution in [0.2, 0.25) is 0 Å². The Morgan fingerprint density at radius 3 is 2.92 bits per heavy atom. The molecule has 0 unspecified atom stereocenters. The Morgan fingerprint density at radius 1 is 1.77 bits per heavy atom. The second-order valence-electron chi connectivity index (χ2n) is 2.68. The lowest BCUT2D eigenvalue weighted by molar-refractivity contribution is 0.558. The molecule has 1 atom stereocenters. The molecule has 0 aliphatic rings. The van der Waals surface area contributed by atoms with Gasteiger partial charge in [0.05, 0.1) is 6.20 Å². The van der Waals surface area contributed by atoms with E-state index in [2.05, 4.69) is 14.9 Å². The number of H-pyrrole nitrogens is 1. The van der Waals surface area contributed by atoms with Crippen LogP contribution in [0.4, 0.5) is 0 Å². The summed E-state index contributed by atoms with van der Waals surface area (Å²) >= 11 is 0. The lowest BCUT2D eigenvalue weighted by atomic mass is 10.4. The summed E-state index contributed by atoms with van der Waals surface area (Å²) in [5.41, 5.74) is 5.28. The van der Waals surface area contributed by atoms with Crippen LogP contribution in [0.1, 0.15) is 6.92 Å². The van der Waals surface area contributed by atoms with Gasteiger partial charge in [0.2, 0.25) is 0 Å². The van der Waals surface area contributed by atoms with Crippen LogP contribution in [0, 0.1) is 0 Å². The van der Waals surface area contributed by atoms with E-state index in [0.29, 0.717) is 0 Å². The lowest BCUT2D eigenvalue weighted by Gasteiger charge is -2.09. The summed E-state index contributed by atoms with van der Waals surface area (Å²) in [4.78, 5) is 0. The molecule has 0 aromatic carbocycles. The van der Waals surface area contributed by atoms with E-state index < -0.39 is 10.0 Å². The molecule has 6 nitrogen and oxygen atoms in total. The van der Waals surface area contributed by atoms with Gasteiger partial charge in [-0.2, -0.15) is 5.10 Å². The van der Waals surface area contributed by atoms with E-state index in [0.717, 1.165) is 0 Å². The quantitative estimate of drug-likeness (QED) is 0.587. The van der Waals surface area contributed by atoms with Crippen LogP contribution in [0.25, 0.3) is 0 Å². The van der Waals surface area contributed by atoms with E-state index in [4.69, 9.17) is 5.73 Å². The van der Waals surface area contributed by atoms with Crippen LogP contribution in [-0.2, 0) is 10.0 Å². The first-order chi connectivity index (χ1) is 6.06. The fraction of sp³-hybridized carbons (Fsp3) is 0.500. The van der Waals surface area contributed by atoms with Gasteiger partial charge < -0.3 is 5.73 Å². The van der Waals surface area contributed by atoms with Crippen molar-refractivity contribution in [2.24, 2.45) is 5.73 Å². The predicted molar refractivity (Wildman–Crippen MR) is 47.4 cm³/mol. The molecule has 13 heavy (non-hydrogen) atoms. The maximum Gasteiger partial charge on any atom is 0.257 e. The first kappa shape index (κ1) is 10.2. The number of hydrogen-bond donors (Lipinski definition) is 3. The molecule has 7 heteroatoms. The average Bonchev–Trinajstić information content (AvgIpc) is 2.55. The van der Waals surface area contributed by atoms with Gasteiger partial charge in [-0.1, -0.05) is 0 Å². The number of sulfonamides is 1. The van der Waals surface area contributed by atoms with E-state index >= 15 is 0 Å². The van der Waals surface area contributed by atoms with Gasteiger partial charge in [-0.05, 0) is 13.0 Å². The maximum absolute atomic E-state index is 11.4. The third-order valence-electron chi connectivity index (χ3n) is 1.47. The summed E-state index contributed by atoms with van der Waals surface area (Å²) < 4.78 is 25.2. The van der Waals surface area contributed by atoms with Gasteiger partial charge in [-0.25, -0.2) is 13.1 Å².